The Morgan fingerprint density at radius 1 is 1.39 bits per heavy atom. The summed E-state index contributed by atoms with van der Waals surface area (Å²) < 4.78 is 27.8. The Morgan fingerprint density at radius 2 is 1.89 bits per heavy atom. The van der Waals surface area contributed by atoms with Crippen molar-refractivity contribution >= 4 is 11.5 Å². The van der Waals surface area contributed by atoms with Crippen LogP contribution in [-0.2, 0) is 0 Å². The van der Waals surface area contributed by atoms with Crippen molar-refractivity contribution in [2.45, 2.75) is 19.9 Å². The maximum atomic E-state index is 13.9. The molecular formula is C12H17F2N3O. The lowest BCUT2D eigenvalue weighted by atomic mass is 10.1. The van der Waals surface area contributed by atoms with E-state index < -0.39 is 17.5 Å². The predicted octanol–water partition coefficient (Wildman–Crippen LogP) is 1.46. The molecule has 0 atom stereocenters. The van der Waals surface area contributed by atoms with Gasteiger partial charge in [-0.3, -0.25) is 5.41 Å². The van der Waals surface area contributed by atoms with Crippen molar-refractivity contribution in [1.82, 2.24) is 0 Å². The van der Waals surface area contributed by atoms with Crippen molar-refractivity contribution in [3.63, 3.8) is 0 Å². The Balaban J connectivity index is 3.27. The molecular weight excluding hydrogens is 240 g/mol. The first-order valence-corrected chi connectivity index (χ1v) is 5.59. The van der Waals surface area contributed by atoms with Gasteiger partial charge in [0, 0.05) is 18.2 Å². The minimum Gasteiger partial charge on any atom is -0.395 e. The fourth-order valence-electron chi connectivity index (χ4n) is 1.73. The van der Waals surface area contributed by atoms with Crippen molar-refractivity contribution in [1.29, 1.82) is 5.41 Å². The number of aliphatic hydroxyl groups excluding tert-OH is 1. The number of amidine groups is 1. The van der Waals surface area contributed by atoms with Crippen molar-refractivity contribution in [3.8, 4) is 0 Å². The molecule has 100 valence electrons. The van der Waals surface area contributed by atoms with E-state index in [0.717, 1.165) is 12.1 Å². The van der Waals surface area contributed by atoms with Crippen LogP contribution in [0.3, 0.4) is 0 Å². The van der Waals surface area contributed by atoms with Gasteiger partial charge < -0.3 is 15.7 Å². The number of benzene rings is 1. The Hall–Kier alpha value is -1.69. The summed E-state index contributed by atoms with van der Waals surface area (Å²) in [5, 5.41) is 16.1. The zero-order valence-electron chi connectivity index (χ0n) is 10.4. The van der Waals surface area contributed by atoms with Crippen LogP contribution in [0.15, 0.2) is 12.1 Å². The highest BCUT2D eigenvalue weighted by molar-refractivity contribution is 5.95. The number of nitrogen functional groups attached to an aromatic ring is 1. The van der Waals surface area contributed by atoms with Gasteiger partial charge in [0.1, 0.15) is 23.2 Å². The number of nitrogens with zero attached hydrogens (tertiary/aromatic N) is 1. The number of nitrogens with one attached hydrogen (secondary N) is 1. The number of anilines is 1. The second kappa shape index (κ2) is 5.77. The molecule has 0 fully saturated rings. The minimum atomic E-state index is -0.789. The first-order valence-electron chi connectivity index (χ1n) is 5.59. The van der Waals surface area contributed by atoms with Crippen LogP contribution >= 0.6 is 0 Å². The summed E-state index contributed by atoms with van der Waals surface area (Å²) in [7, 11) is 0. The zero-order valence-corrected chi connectivity index (χ0v) is 10.4. The first kappa shape index (κ1) is 14.4. The van der Waals surface area contributed by atoms with Crippen LogP contribution in [-0.4, -0.2) is 30.1 Å². The molecule has 18 heavy (non-hydrogen) atoms. The average Bonchev–Trinajstić information content (AvgIpc) is 2.26. The first-order chi connectivity index (χ1) is 8.38. The van der Waals surface area contributed by atoms with Crippen molar-refractivity contribution in [2.24, 2.45) is 5.73 Å². The maximum Gasteiger partial charge on any atom is 0.150 e. The van der Waals surface area contributed by atoms with E-state index in [-0.39, 0.29) is 30.4 Å². The fraction of sp³-hybridized carbons (Fsp3) is 0.417. The quantitative estimate of drug-likeness (QED) is 0.552. The van der Waals surface area contributed by atoms with Crippen LogP contribution in [0.1, 0.15) is 19.4 Å². The molecule has 0 aliphatic rings. The lowest BCUT2D eigenvalue weighted by molar-refractivity contribution is 0.298. The largest absolute Gasteiger partial charge is 0.395 e. The second-order valence-corrected chi connectivity index (χ2v) is 4.21. The average molecular weight is 257 g/mol. The predicted molar refractivity (Wildman–Crippen MR) is 66.9 cm³/mol. The molecule has 1 rings (SSSR count). The van der Waals surface area contributed by atoms with E-state index in [2.05, 4.69) is 0 Å². The topological polar surface area (TPSA) is 73.3 Å². The standard InChI is InChI=1S/C12H17F2N3O/c1-7(2)17(3-4-18)11-9(13)5-8(12(15)16)6-10(11)14/h5-7,18H,3-4H2,1-2H3,(H3,15,16). The lowest BCUT2D eigenvalue weighted by Gasteiger charge is -2.29. The van der Waals surface area contributed by atoms with Gasteiger partial charge in [0.05, 0.1) is 6.61 Å². The highest BCUT2D eigenvalue weighted by Gasteiger charge is 2.20. The van der Waals surface area contributed by atoms with Crippen molar-refractivity contribution < 1.29 is 13.9 Å². The van der Waals surface area contributed by atoms with Crippen LogP contribution in [0.5, 0.6) is 0 Å². The molecule has 0 heterocycles. The number of nitrogens with two attached hydrogens (primary N) is 1. The monoisotopic (exact) mass is 257 g/mol. The van der Waals surface area contributed by atoms with Crippen LogP contribution in [0, 0.1) is 17.0 Å². The van der Waals surface area contributed by atoms with E-state index in [1.54, 1.807) is 13.8 Å². The number of hydrogen-bond donors (Lipinski definition) is 3. The molecule has 0 radical (unpaired) electrons. The summed E-state index contributed by atoms with van der Waals surface area (Å²) in [6, 6.07) is 1.88. The molecule has 1 aromatic carbocycles. The molecule has 0 bridgehead atoms. The van der Waals surface area contributed by atoms with Crippen LogP contribution in [0.25, 0.3) is 0 Å². The number of rotatable bonds is 5. The SMILES string of the molecule is CC(C)N(CCO)c1c(F)cc(C(=N)N)cc1F. The molecule has 0 spiro atoms. The van der Waals surface area contributed by atoms with Crippen molar-refractivity contribution in [3.05, 3.63) is 29.3 Å². The third kappa shape index (κ3) is 2.95. The lowest BCUT2D eigenvalue weighted by Crippen LogP contribution is -2.35. The van der Waals surface area contributed by atoms with Gasteiger partial charge in [0.15, 0.2) is 0 Å². The van der Waals surface area contributed by atoms with E-state index in [1.807, 2.05) is 0 Å². The third-order valence-corrected chi connectivity index (χ3v) is 2.58. The summed E-state index contributed by atoms with van der Waals surface area (Å²) in [5.74, 6) is -1.97. The van der Waals surface area contributed by atoms with Gasteiger partial charge in [0.2, 0.25) is 0 Å². The summed E-state index contributed by atoms with van der Waals surface area (Å²) in [5.41, 5.74) is 4.99. The highest BCUT2D eigenvalue weighted by atomic mass is 19.1. The van der Waals surface area contributed by atoms with Crippen LogP contribution < -0.4 is 10.6 Å². The van der Waals surface area contributed by atoms with E-state index in [0.29, 0.717) is 0 Å². The van der Waals surface area contributed by atoms with Gasteiger partial charge in [-0.25, -0.2) is 8.78 Å². The summed E-state index contributed by atoms with van der Waals surface area (Å²) in [6.07, 6.45) is 0. The minimum absolute atomic E-state index is 0.00135. The van der Waals surface area contributed by atoms with Gasteiger partial charge in [-0.2, -0.15) is 0 Å². The van der Waals surface area contributed by atoms with Crippen LogP contribution in [0.2, 0.25) is 0 Å². The van der Waals surface area contributed by atoms with Crippen molar-refractivity contribution in [2.75, 3.05) is 18.1 Å². The molecule has 1 aromatic rings. The van der Waals surface area contributed by atoms with E-state index >= 15 is 0 Å². The molecule has 4 nitrogen and oxygen atoms in total. The summed E-state index contributed by atoms with van der Waals surface area (Å²) >= 11 is 0. The van der Waals surface area contributed by atoms with Gasteiger partial charge in [0.25, 0.3) is 0 Å². The Bertz CT molecular complexity index is 426. The van der Waals surface area contributed by atoms with E-state index in [4.69, 9.17) is 16.2 Å². The van der Waals surface area contributed by atoms with Gasteiger partial charge in [-0.15, -0.1) is 0 Å². The normalized spacial score (nSPS) is 10.8. The van der Waals surface area contributed by atoms with Gasteiger partial charge in [-0.1, -0.05) is 0 Å². The second-order valence-electron chi connectivity index (χ2n) is 4.21. The molecule has 0 amide bonds. The molecule has 0 saturated heterocycles. The number of hydrogen-bond acceptors (Lipinski definition) is 3. The Morgan fingerprint density at radius 3 is 2.22 bits per heavy atom. The summed E-state index contributed by atoms with van der Waals surface area (Å²) in [4.78, 5) is 1.43. The molecule has 6 heteroatoms. The highest BCUT2D eigenvalue weighted by Crippen LogP contribution is 2.26. The fourth-order valence-corrected chi connectivity index (χ4v) is 1.73. The van der Waals surface area contributed by atoms with E-state index in [9.17, 15) is 8.78 Å². The molecule has 0 unspecified atom stereocenters. The molecule has 0 aliphatic carbocycles. The number of halogens is 2. The van der Waals surface area contributed by atoms with Gasteiger partial charge in [-0.05, 0) is 26.0 Å². The zero-order chi connectivity index (χ0) is 13.9. The third-order valence-electron chi connectivity index (χ3n) is 2.58. The van der Waals surface area contributed by atoms with Gasteiger partial charge >= 0.3 is 0 Å². The maximum absolute atomic E-state index is 13.9. The summed E-state index contributed by atoms with van der Waals surface area (Å²) in [6.45, 7) is 3.47. The van der Waals surface area contributed by atoms with Crippen LogP contribution in [0.4, 0.5) is 14.5 Å². The Labute approximate surface area is 105 Å². The molecule has 4 N–H and O–H groups in total. The number of aliphatic hydroxyl groups is 1. The van der Waals surface area contributed by atoms with E-state index in [1.165, 1.54) is 4.90 Å². The molecule has 0 aromatic heterocycles. The molecule has 0 saturated carbocycles. The smallest absolute Gasteiger partial charge is 0.150 e. The Kier molecular flexibility index (Phi) is 4.61. The molecule has 0 aliphatic heterocycles.